The van der Waals surface area contributed by atoms with Gasteiger partial charge in [-0.05, 0) is 31.6 Å². The van der Waals surface area contributed by atoms with Gasteiger partial charge in [-0.2, -0.15) is 30.4 Å². The van der Waals surface area contributed by atoms with Gasteiger partial charge >= 0.3 is 36.7 Å². The molecule has 0 spiro atoms. The first-order valence-electron chi connectivity index (χ1n) is 7.90. The van der Waals surface area contributed by atoms with Crippen molar-refractivity contribution in [1.29, 1.82) is 0 Å². The highest BCUT2D eigenvalue weighted by Gasteiger charge is 2.65. The number of hydrogen-bond donors (Lipinski definition) is 1. The Morgan fingerprint density at radius 2 is 1.44 bits per heavy atom. The number of amides is 1. The maximum absolute atomic E-state index is 14.3. The van der Waals surface area contributed by atoms with E-state index in [-0.39, 0.29) is 18.9 Å². The van der Waals surface area contributed by atoms with E-state index >= 15 is 0 Å². The molecule has 1 amide bonds. The fourth-order valence-corrected chi connectivity index (χ4v) is 5.75. The van der Waals surface area contributed by atoms with Crippen LogP contribution < -0.4 is 0 Å². The molecule has 0 aromatic heterocycles. The summed E-state index contributed by atoms with van der Waals surface area (Å²) in [5.41, 5.74) is -6.37. The summed E-state index contributed by atoms with van der Waals surface area (Å²) in [6, 6.07) is -0.715. The first kappa shape index (κ1) is 22.2. The van der Waals surface area contributed by atoms with E-state index in [1.54, 1.807) is 0 Å². The third-order valence-electron chi connectivity index (χ3n) is 4.78. The van der Waals surface area contributed by atoms with E-state index in [1.807, 2.05) is 0 Å². The molecule has 158 valence electrons. The molecule has 15 heteroatoms. The van der Waals surface area contributed by atoms with Crippen LogP contribution >= 0.6 is 0 Å². The van der Waals surface area contributed by atoms with Crippen LogP contribution in [0.5, 0.6) is 0 Å². The van der Waals surface area contributed by atoms with Gasteiger partial charge in [-0.25, -0.2) is 8.42 Å². The maximum Gasteiger partial charge on any atom is 0.514 e. The lowest BCUT2D eigenvalue weighted by Gasteiger charge is -2.44. The first-order chi connectivity index (χ1) is 12.2. The third-order valence-corrected chi connectivity index (χ3v) is 8.19. The Morgan fingerprint density at radius 3 is 2.00 bits per heavy atom. The Kier molecular flexibility index (Phi) is 5.83. The smallest absolute Gasteiger partial charge is 0.333 e. The highest BCUT2D eigenvalue weighted by Crippen LogP contribution is 2.39. The fraction of sp³-hybridized carbons (Fsp3) is 0.917. The normalized spacial score (nSPS) is 25.4. The van der Waals surface area contributed by atoms with Crippen molar-refractivity contribution in [1.82, 2.24) is 8.77 Å². The van der Waals surface area contributed by atoms with Gasteiger partial charge in [-0.3, -0.25) is 10.0 Å². The van der Waals surface area contributed by atoms with E-state index < -0.39 is 46.6 Å². The van der Waals surface area contributed by atoms with Crippen LogP contribution in [0.15, 0.2) is 0 Å². The zero-order valence-corrected chi connectivity index (χ0v) is 15.3. The summed E-state index contributed by atoms with van der Waals surface area (Å²) in [6.45, 7) is -0.247. The Balaban J connectivity index is 2.36. The lowest BCUT2D eigenvalue weighted by atomic mass is 9.78. The highest BCUT2D eigenvalue weighted by atomic mass is 32.3. The second kappa shape index (κ2) is 7.08. The van der Waals surface area contributed by atoms with Crippen molar-refractivity contribution in [2.24, 2.45) is 5.92 Å². The summed E-state index contributed by atoms with van der Waals surface area (Å²) >= 11 is 0. The van der Waals surface area contributed by atoms with Crippen LogP contribution in [0, 0.1) is 5.92 Å². The molecule has 27 heavy (non-hydrogen) atoms. The zero-order chi connectivity index (χ0) is 20.8. The minimum absolute atomic E-state index is 0.154. The van der Waals surface area contributed by atoms with Gasteiger partial charge in [0.25, 0.3) is 0 Å². The summed E-state index contributed by atoms with van der Waals surface area (Å²) < 4.78 is 109. The zero-order valence-electron chi connectivity index (χ0n) is 13.7. The lowest BCUT2D eigenvalue weighted by Crippen LogP contribution is -2.59. The first-order valence-corrected chi connectivity index (χ1v) is 10.8. The number of likely N-dealkylation sites (tertiary alicyclic amines) is 1. The molecule has 0 aromatic carbocycles. The van der Waals surface area contributed by atoms with E-state index in [2.05, 4.69) is 0 Å². The van der Waals surface area contributed by atoms with Gasteiger partial charge in [0.2, 0.25) is 0 Å². The van der Waals surface area contributed by atoms with Gasteiger partial charge in [0.05, 0.1) is 0 Å². The number of hydrogen-bond acceptors (Lipinski definition) is 6. The van der Waals surface area contributed by atoms with Gasteiger partial charge in [0, 0.05) is 16.5 Å². The van der Waals surface area contributed by atoms with Crippen molar-refractivity contribution in [3.8, 4) is 0 Å². The highest BCUT2D eigenvalue weighted by molar-refractivity contribution is 8.05. The molecule has 1 N–H and O–H groups in total. The molecule has 1 saturated carbocycles. The average molecular weight is 444 g/mol. The molecule has 0 aromatic rings. The molecule has 2 rings (SSSR count). The Hall–Kier alpha value is -1.06. The number of piperidine rings is 1. The van der Waals surface area contributed by atoms with Crippen molar-refractivity contribution < 1.29 is 48.8 Å². The number of alkyl halides is 5. The quantitative estimate of drug-likeness (QED) is 0.521. The van der Waals surface area contributed by atoms with Crippen molar-refractivity contribution in [3.05, 3.63) is 0 Å². The van der Waals surface area contributed by atoms with Crippen molar-refractivity contribution >= 4 is 26.0 Å². The third kappa shape index (κ3) is 3.65. The Labute approximate surface area is 152 Å². The number of nitrogens with zero attached hydrogens (tertiary/aromatic N) is 2. The molecule has 2 aliphatic rings. The van der Waals surface area contributed by atoms with E-state index in [0.717, 1.165) is 6.42 Å². The lowest BCUT2D eigenvalue weighted by molar-refractivity contribution is -0.154. The predicted octanol–water partition coefficient (Wildman–Crippen LogP) is 1.63. The van der Waals surface area contributed by atoms with Gasteiger partial charge in [0.15, 0.2) is 0 Å². The van der Waals surface area contributed by atoms with Crippen LogP contribution in [0.25, 0.3) is 0 Å². The van der Waals surface area contributed by atoms with Gasteiger partial charge in [-0.1, -0.05) is 12.8 Å². The van der Waals surface area contributed by atoms with Gasteiger partial charge in [0.1, 0.15) is 0 Å². The van der Waals surface area contributed by atoms with Gasteiger partial charge in [-0.15, -0.1) is 0 Å². The van der Waals surface area contributed by atoms with Crippen LogP contribution in [0.4, 0.5) is 22.0 Å². The van der Waals surface area contributed by atoms with Gasteiger partial charge < -0.3 is 4.90 Å². The molecular formula is C12H17F5N2O6S2. The SMILES string of the molecule is O=C(N1CCCC2CCCCC21)C(F)(F)S(=O)(=O)N(O)S(=O)(=O)C(F)(F)F. The summed E-state index contributed by atoms with van der Waals surface area (Å²) in [6.07, 6.45) is 3.25. The van der Waals surface area contributed by atoms with E-state index in [4.69, 9.17) is 5.21 Å². The predicted molar refractivity (Wildman–Crippen MR) is 79.2 cm³/mol. The summed E-state index contributed by atoms with van der Waals surface area (Å²) in [5, 5.41) is 3.34. The van der Waals surface area contributed by atoms with E-state index in [9.17, 15) is 43.6 Å². The van der Waals surface area contributed by atoms with Crippen LogP contribution in [-0.2, 0) is 24.8 Å². The largest absolute Gasteiger partial charge is 0.514 e. The maximum atomic E-state index is 14.3. The fourth-order valence-electron chi connectivity index (χ4n) is 3.47. The standard InChI is InChI=1S/C12H17F5N2O6S2/c13-11(14,26(22,23)19(21)27(24,25)12(15,16)17)10(20)18-7-3-5-8-4-1-2-6-9(8)18/h8-9,21H,1-7H2. The number of halogens is 5. The van der Waals surface area contributed by atoms with E-state index in [1.165, 1.54) is 0 Å². The topological polar surface area (TPSA) is 112 Å². The second-order valence-electron chi connectivity index (χ2n) is 6.40. The number of fused-ring (bicyclic) bond motifs is 1. The molecule has 2 fully saturated rings. The molecule has 1 aliphatic heterocycles. The monoisotopic (exact) mass is 444 g/mol. The molecule has 2 atom stereocenters. The summed E-state index contributed by atoms with van der Waals surface area (Å²) in [4.78, 5) is 12.8. The number of carbonyl (C=O) groups excluding carboxylic acids is 1. The Morgan fingerprint density at radius 1 is 0.926 bits per heavy atom. The van der Waals surface area contributed by atoms with Crippen molar-refractivity contribution in [3.63, 3.8) is 0 Å². The second-order valence-corrected chi connectivity index (χ2v) is 10.2. The molecule has 1 saturated heterocycles. The van der Waals surface area contributed by atoms with Crippen molar-refractivity contribution in [2.45, 2.75) is 55.3 Å². The van der Waals surface area contributed by atoms with Crippen LogP contribution in [0.3, 0.4) is 0 Å². The summed E-state index contributed by atoms with van der Waals surface area (Å²) in [5.74, 6) is -2.50. The molecule has 0 bridgehead atoms. The molecule has 1 aliphatic carbocycles. The average Bonchev–Trinajstić information content (AvgIpc) is 2.58. The minimum Gasteiger partial charge on any atom is -0.333 e. The van der Waals surface area contributed by atoms with Crippen LogP contribution in [0.1, 0.15) is 38.5 Å². The van der Waals surface area contributed by atoms with Crippen molar-refractivity contribution in [2.75, 3.05) is 6.54 Å². The molecule has 8 nitrogen and oxygen atoms in total. The van der Waals surface area contributed by atoms with Crippen LogP contribution in [-0.4, -0.2) is 60.1 Å². The molecular weight excluding hydrogens is 427 g/mol. The van der Waals surface area contributed by atoms with E-state index in [0.29, 0.717) is 30.6 Å². The number of rotatable bonds is 4. The minimum atomic E-state index is -7.05. The molecule has 1 heterocycles. The molecule has 0 radical (unpaired) electrons. The molecule has 2 unspecified atom stereocenters. The Bertz CT molecular complexity index is 796. The number of sulfonamides is 2. The van der Waals surface area contributed by atoms with Crippen LogP contribution in [0.2, 0.25) is 0 Å². The number of carbonyl (C=O) groups is 1. The summed E-state index contributed by atoms with van der Waals surface area (Å²) in [7, 11) is -14.0.